The van der Waals surface area contributed by atoms with E-state index in [9.17, 15) is 0 Å². The molecule has 0 aliphatic rings. The number of hydroxylamine groups is 1. The molecule has 0 fully saturated rings. The van der Waals surface area contributed by atoms with Crippen LogP contribution in [-0.2, 0) is 0 Å². The molecule has 0 bridgehead atoms. The molecule has 3 N–H and O–H groups in total. The third-order valence-corrected chi connectivity index (χ3v) is 1.71. The van der Waals surface area contributed by atoms with E-state index in [0.29, 0.717) is 6.42 Å². The summed E-state index contributed by atoms with van der Waals surface area (Å²) >= 11 is 0. The Balaban J connectivity index is 3.62. The third-order valence-electron chi connectivity index (χ3n) is 1.71. The minimum Gasteiger partial charge on any atom is -0.396 e. The monoisotopic (exact) mass is 133 g/mol. The number of aliphatic hydroxyl groups is 1. The zero-order valence-electron chi connectivity index (χ0n) is 6.02. The van der Waals surface area contributed by atoms with Crippen LogP contribution in [-0.4, -0.2) is 22.5 Å². The maximum atomic E-state index is 8.56. The highest BCUT2D eigenvalue weighted by Crippen LogP contribution is 2.11. The predicted octanol–water partition coefficient (Wildman–Crippen LogP) is 0.516. The Morgan fingerprint density at radius 2 is 2.11 bits per heavy atom. The lowest BCUT2D eigenvalue weighted by atomic mass is 9.96. The van der Waals surface area contributed by atoms with E-state index in [4.69, 9.17) is 10.3 Å². The van der Waals surface area contributed by atoms with Gasteiger partial charge < -0.3 is 10.3 Å². The van der Waals surface area contributed by atoms with Gasteiger partial charge >= 0.3 is 0 Å². The Kier molecular flexibility index (Phi) is 3.77. The summed E-state index contributed by atoms with van der Waals surface area (Å²) in [6.45, 7) is 3.93. The minimum absolute atomic E-state index is 0.109. The minimum atomic E-state index is -0.311. The maximum Gasteiger partial charge on any atom is 0.0449 e. The number of hydrogen-bond acceptors (Lipinski definition) is 3. The van der Waals surface area contributed by atoms with Crippen molar-refractivity contribution in [3.05, 3.63) is 0 Å². The summed E-state index contributed by atoms with van der Waals surface area (Å²) in [7, 11) is 0. The Hall–Kier alpha value is -0.120. The summed E-state index contributed by atoms with van der Waals surface area (Å²) in [6, 6.07) is 0. The molecule has 0 rings (SSSR count). The van der Waals surface area contributed by atoms with Crippen molar-refractivity contribution in [1.82, 2.24) is 5.48 Å². The van der Waals surface area contributed by atoms with Gasteiger partial charge in [0.05, 0.1) is 0 Å². The summed E-state index contributed by atoms with van der Waals surface area (Å²) in [5.41, 5.74) is 1.86. The van der Waals surface area contributed by atoms with Crippen molar-refractivity contribution in [2.45, 2.75) is 32.2 Å². The van der Waals surface area contributed by atoms with Crippen LogP contribution >= 0.6 is 0 Å². The first-order valence-corrected chi connectivity index (χ1v) is 3.20. The molecule has 0 aromatic carbocycles. The van der Waals surface area contributed by atoms with Gasteiger partial charge in [0.1, 0.15) is 0 Å². The van der Waals surface area contributed by atoms with Gasteiger partial charge in [0, 0.05) is 12.1 Å². The lowest BCUT2D eigenvalue weighted by Gasteiger charge is -2.24. The highest BCUT2D eigenvalue weighted by atomic mass is 16.5. The van der Waals surface area contributed by atoms with Crippen LogP contribution in [0.4, 0.5) is 0 Å². The molecule has 0 aromatic heterocycles. The molecule has 9 heavy (non-hydrogen) atoms. The van der Waals surface area contributed by atoms with Crippen LogP contribution in [0.1, 0.15) is 26.7 Å². The fourth-order valence-electron chi connectivity index (χ4n) is 0.558. The molecule has 0 aliphatic heterocycles. The Bertz CT molecular complexity index is 71.5. The predicted molar refractivity (Wildman–Crippen MR) is 35.3 cm³/mol. The van der Waals surface area contributed by atoms with Crippen LogP contribution < -0.4 is 5.48 Å². The molecule has 1 unspecified atom stereocenters. The van der Waals surface area contributed by atoms with Gasteiger partial charge in [0.2, 0.25) is 0 Å². The van der Waals surface area contributed by atoms with E-state index >= 15 is 0 Å². The van der Waals surface area contributed by atoms with Crippen LogP contribution in [0.5, 0.6) is 0 Å². The quantitative estimate of drug-likeness (QED) is 0.490. The lowest BCUT2D eigenvalue weighted by Crippen LogP contribution is -2.40. The van der Waals surface area contributed by atoms with Crippen molar-refractivity contribution in [1.29, 1.82) is 0 Å². The first-order chi connectivity index (χ1) is 4.18. The number of aliphatic hydroxyl groups excluding tert-OH is 1. The second-order valence-electron chi connectivity index (χ2n) is 2.50. The van der Waals surface area contributed by atoms with Crippen molar-refractivity contribution in [2.75, 3.05) is 6.61 Å². The van der Waals surface area contributed by atoms with Crippen molar-refractivity contribution >= 4 is 0 Å². The standard InChI is InChI=1S/C6H15NO2/c1-3-6(2,7-9)4-5-8/h7-9H,3-5H2,1-2H3. The Labute approximate surface area is 55.7 Å². The van der Waals surface area contributed by atoms with E-state index in [-0.39, 0.29) is 12.1 Å². The fourth-order valence-corrected chi connectivity index (χ4v) is 0.558. The highest BCUT2D eigenvalue weighted by molar-refractivity contribution is 4.76. The number of nitrogens with one attached hydrogen (secondary N) is 1. The van der Waals surface area contributed by atoms with E-state index in [2.05, 4.69) is 5.48 Å². The van der Waals surface area contributed by atoms with Crippen molar-refractivity contribution < 1.29 is 10.3 Å². The van der Waals surface area contributed by atoms with Gasteiger partial charge in [-0.2, -0.15) is 5.48 Å². The van der Waals surface area contributed by atoms with Gasteiger partial charge in [-0.15, -0.1) is 0 Å². The smallest absolute Gasteiger partial charge is 0.0449 e. The molecule has 3 nitrogen and oxygen atoms in total. The van der Waals surface area contributed by atoms with Crippen molar-refractivity contribution in [2.24, 2.45) is 0 Å². The zero-order valence-corrected chi connectivity index (χ0v) is 6.02. The average molecular weight is 133 g/mol. The molecule has 0 radical (unpaired) electrons. The molecule has 1 atom stereocenters. The van der Waals surface area contributed by atoms with E-state index in [1.807, 2.05) is 13.8 Å². The molecule has 56 valence electrons. The fraction of sp³-hybridized carbons (Fsp3) is 1.00. The van der Waals surface area contributed by atoms with Crippen LogP contribution in [0.25, 0.3) is 0 Å². The van der Waals surface area contributed by atoms with E-state index in [0.717, 1.165) is 6.42 Å². The van der Waals surface area contributed by atoms with Gasteiger partial charge in [-0.25, -0.2) is 0 Å². The third kappa shape index (κ3) is 2.79. The second-order valence-corrected chi connectivity index (χ2v) is 2.50. The molecule has 3 heteroatoms. The topological polar surface area (TPSA) is 52.5 Å². The van der Waals surface area contributed by atoms with E-state index < -0.39 is 0 Å². The largest absolute Gasteiger partial charge is 0.396 e. The van der Waals surface area contributed by atoms with Gasteiger partial charge in [0.15, 0.2) is 0 Å². The summed E-state index contributed by atoms with van der Waals surface area (Å²) in [5, 5.41) is 17.1. The average Bonchev–Trinajstić information content (AvgIpc) is 1.89. The molecular weight excluding hydrogens is 118 g/mol. The van der Waals surface area contributed by atoms with Gasteiger partial charge in [0.25, 0.3) is 0 Å². The molecule has 0 aromatic rings. The SMILES string of the molecule is CCC(C)(CCO)NO. The maximum absolute atomic E-state index is 8.56. The first kappa shape index (κ1) is 8.88. The zero-order chi connectivity index (χ0) is 7.33. The lowest BCUT2D eigenvalue weighted by molar-refractivity contribution is 0.0519. The summed E-state index contributed by atoms with van der Waals surface area (Å²) in [5.74, 6) is 0. The molecular formula is C6H15NO2. The summed E-state index contributed by atoms with van der Waals surface area (Å²) < 4.78 is 0. The van der Waals surface area contributed by atoms with Gasteiger partial charge in [-0.1, -0.05) is 6.92 Å². The normalized spacial score (nSPS) is 17.3. The van der Waals surface area contributed by atoms with Gasteiger partial charge in [-0.3, -0.25) is 0 Å². The number of hydrogen-bond donors (Lipinski definition) is 3. The van der Waals surface area contributed by atoms with E-state index in [1.54, 1.807) is 0 Å². The van der Waals surface area contributed by atoms with Crippen molar-refractivity contribution in [3.63, 3.8) is 0 Å². The van der Waals surface area contributed by atoms with Gasteiger partial charge in [-0.05, 0) is 19.8 Å². The Morgan fingerprint density at radius 3 is 2.22 bits per heavy atom. The molecule has 0 saturated carbocycles. The summed E-state index contributed by atoms with van der Waals surface area (Å²) in [4.78, 5) is 0. The van der Waals surface area contributed by atoms with Crippen LogP contribution in [0.3, 0.4) is 0 Å². The molecule has 0 spiro atoms. The highest BCUT2D eigenvalue weighted by Gasteiger charge is 2.18. The van der Waals surface area contributed by atoms with Crippen LogP contribution in [0.2, 0.25) is 0 Å². The summed E-state index contributed by atoms with van der Waals surface area (Å²) in [6.07, 6.45) is 1.39. The Morgan fingerprint density at radius 1 is 1.56 bits per heavy atom. The van der Waals surface area contributed by atoms with Crippen LogP contribution in [0, 0.1) is 0 Å². The molecule has 0 heterocycles. The number of rotatable bonds is 4. The van der Waals surface area contributed by atoms with Crippen molar-refractivity contribution in [3.8, 4) is 0 Å². The van der Waals surface area contributed by atoms with E-state index in [1.165, 1.54) is 0 Å². The second kappa shape index (κ2) is 3.82. The van der Waals surface area contributed by atoms with Crippen LogP contribution in [0.15, 0.2) is 0 Å². The molecule has 0 amide bonds. The molecule has 0 aliphatic carbocycles. The molecule has 0 saturated heterocycles. The first-order valence-electron chi connectivity index (χ1n) is 3.20.